The SMILES string of the molecule is Cc1cc(C)c2[nH]c(=O)c(C(c3nnnn3Cc3ccccc3)N3CCN(c4ccccc4F)CC3)cc2c1. The molecule has 5 aromatic rings. The number of nitrogens with zero attached hydrogens (tertiary/aromatic N) is 6. The van der Waals surface area contributed by atoms with Gasteiger partial charge in [-0.25, -0.2) is 9.07 Å². The highest BCUT2D eigenvalue weighted by molar-refractivity contribution is 5.83. The van der Waals surface area contributed by atoms with Gasteiger partial charge in [0.1, 0.15) is 11.9 Å². The van der Waals surface area contributed by atoms with Gasteiger partial charge in [-0.2, -0.15) is 0 Å². The van der Waals surface area contributed by atoms with E-state index in [0.29, 0.717) is 49.8 Å². The molecule has 1 saturated heterocycles. The first kappa shape index (κ1) is 24.9. The Hall–Kier alpha value is -4.37. The van der Waals surface area contributed by atoms with E-state index in [1.807, 2.05) is 60.4 Å². The highest BCUT2D eigenvalue weighted by atomic mass is 19.1. The van der Waals surface area contributed by atoms with Crippen LogP contribution < -0.4 is 10.5 Å². The average molecular weight is 524 g/mol. The molecule has 1 fully saturated rings. The Morgan fingerprint density at radius 1 is 0.949 bits per heavy atom. The molecule has 0 bridgehead atoms. The van der Waals surface area contributed by atoms with Gasteiger partial charge >= 0.3 is 0 Å². The van der Waals surface area contributed by atoms with E-state index < -0.39 is 6.04 Å². The number of halogens is 1. The molecule has 1 atom stereocenters. The Balaban J connectivity index is 1.41. The van der Waals surface area contributed by atoms with E-state index in [9.17, 15) is 9.18 Å². The van der Waals surface area contributed by atoms with Gasteiger partial charge in [0.25, 0.3) is 5.56 Å². The van der Waals surface area contributed by atoms with Crippen LogP contribution in [0.25, 0.3) is 10.9 Å². The van der Waals surface area contributed by atoms with Crippen LogP contribution in [0.1, 0.15) is 34.1 Å². The maximum Gasteiger partial charge on any atom is 0.253 e. The van der Waals surface area contributed by atoms with Gasteiger partial charge in [-0.1, -0.05) is 54.1 Å². The number of aromatic nitrogens is 5. The average Bonchev–Trinajstić information content (AvgIpc) is 3.38. The molecule has 1 N–H and O–H groups in total. The lowest BCUT2D eigenvalue weighted by molar-refractivity contribution is 0.200. The van der Waals surface area contributed by atoms with Gasteiger partial charge in [0, 0.05) is 31.7 Å². The Bertz CT molecular complexity index is 1670. The lowest BCUT2D eigenvalue weighted by atomic mass is 10.00. The molecule has 1 aliphatic rings. The molecule has 0 aliphatic carbocycles. The number of rotatable bonds is 6. The molecular formula is C30H30FN7O. The fraction of sp³-hybridized carbons (Fsp3) is 0.267. The normalized spacial score (nSPS) is 15.1. The van der Waals surface area contributed by atoms with E-state index in [0.717, 1.165) is 27.6 Å². The zero-order valence-electron chi connectivity index (χ0n) is 22.0. The van der Waals surface area contributed by atoms with Crippen molar-refractivity contribution in [2.45, 2.75) is 26.4 Å². The van der Waals surface area contributed by atoms with Crippen molar-refractivity contribution in [2.24, 2.45) is 0 Å². The van der Waals surface area contributed by atoms with Crippen LogP contribution in [0.2, 0.25) is 0 Å². The van der Waals surface area contributed by atoms with Gasteiger partial charge in [0.2, 0.25) is 0 Å². The number of hydrogen-bond donors (Lipinski definition) is 1. The highest BCUT2D eigenvalue weighted by Gasteiger charge is 2.33. The van der Waals surface area contributed by atoms with Crippen LogP contribution in [0.3, 0.4) is 0 Å². The summed E-state index contributed by atoms with van der Waals surface area (Å²) in [6.07, 6.45) is 0. The number of piperazine rings is 1. The van der Waals surface area contributed by atoms with E-state index in [-0.39, 0.29) is 11.4 Å². The number of tetrazole rings is 1. The summed E-state index contributed by atoms with van der Waals surface area (Å²) in [5.74, 6) is 0.374. The molecule has 39 heavy (non-hydrogen) atoms. The lowest BCUT2D eigenvalue weighted by Gasteiger charge is -2.39. The second kappa shape index (κ2) is 10.4. The van der Waals surface area contributed by atoms with Crippen LogP contribution in [-0.2, 0) is 6.54 Å². The van der Waals surface area contributed by atoms with Crippen LogP contribution in [0, 0.1) is 19.7 Å². The van der Waals surface area contributed by atoms with E-state index in [4.69, 9.17) is 0 Å². The monoisotopic (exact) mass is 523 g/mol. The number of benzene rings is 3. The van der Waals surface area contributed by atoms with Gasteiger partial charge in [0.05, 0.1) is 17.7 Å². The fourth-order valence-corrected chi connectivity index (χ4v) is 5.61. The fourth-order valence-electron chi connectivity index (χ4n) is 5.61. The molecule has 8 nitrogen and oxygen atoms in total. The molecule has 3 heterocycles. The first-order valence-electron chi connectivity index (χ1n) is 13.2. The number of aromatic amines is 1. The first-order valence-corrected chi connectivity index (χ1v) is 13.2. The quantitative estimate of drug-likeness (QED) is 0.359. The Labute approximate surface area is 225 Å². The molecule has 0 amide bonds. The van der Waals surface area contributed by atoms with E-state index in [1.54, 1.807) is 10.7 Å². The van der Waals surface area contributed by atoms with Crippen LogP contribution in [0.5, 0.6) is 0 Å². The molecule has 3 aromatic carbocycles. The first-order chi connectivity index (χ1) is 19.0. The summed E-state index contributed by atoms with van der Waals surface area (Å²) >= 11 is 0. The van der Waals surface area contributed by atoms with Crippen LogP contribution in [-0.4, -0.2) is 56.3 Å². The minimum atomic E-state index is -0.472. The molecule has 1 aliphatic heterocycles. The maximum absolute atomic E-state index is 14.5. The number of fused-ring (bicyclic) bond motifs is 1. The van der Waals surface area contributed by atoms with Crippen molar-refractivity contribution < 1.29 is 4.39 Å². The predicted octanol–water partition coefficient (Wildman–Crippen LogP) is 4.23. The second-order valence-corrected chi connectivity index (χ2v) is 10.2. The number of anilines is 1. The second-order valence-electron chi connectivity index (χ2n) is 10.2. The van der Waals surface area contributed by atoms with Gasteiger partial charge in [-0.15, -0.1) is 5.10 Å². The molecule has 1 unspecified atom stereocenters. The highest BCUT2D eigenvalue weighted by Crippen LogP contribution is 2.30. The maximum atomic E-state index is 14.5. The number of aryl methyl sites for hydroxylation is 2. The lowest BCUT2D eigenvalue weighted by Crippen LogP contribution is -2.49. The predicted molar refractivity (Wildman–Crippen MR) is 149 cm³/mol. The summed E-state index contributed by atoms with van der Waals surface area (Å²) in [5.41, 5.74) is 5.08. The number of H-pyrrole nitrogens is 1. The van der Waals surface area contributed by atoms with Crippen LogP contribution in [0.15, 0.2) is 77.6 Å². The zero-order chi connectivity index (χ0) is 26.9. The van der Waals surface area contributed by atoms with Crippen molar-refractivity contribution >= 4 is 16.6 Å². The summed E-state index contributed by atoms with van der Waals surface area (Å²) < 4.78 is 16.3. The Morgan fingerprint density at radius 3 is 2.46 bits per heavy atom. The largest absolute Gasteiger partial charge is 0.367 e. The summed E-state index contributed by atoms with van der Waals surface area (Å²) in [4.78, 5) is 21.0. The molecule has 6 rings (SSSR count). The Morgan fingerprint density at radius 2 is 1.69 bits per heavy atom. The summed E-state index contributed by atoms with van der Waals surface area (Å²) in [6.45, 7) is 6.99. The topological polar surface area (TPSA) is 82.9 Å². The van der Waals surface area contributed by atoms with Crippen LogP contribution >= 0.6 is 0 Å². The van der Waals surface area contributed by atoms with Crippen molar-refractivity contribution in [3.63, 3.8) is 0 Å². The standard InChI is InChI=1S/C30H30FN7O/c1-20-16-21(2)27-23(17-20)18-24(30(39)32-27)28(29-33-34-35-38(29)19-22-8-4-3-5-9-22)37-14-12-36(13-15-37)26-11-7-6-10-25(26)31/h3-11,16-18,28H,12-15,19H2,1-2H3,(H,32,39). The number of hydrogen-bond acceptors (Lipinski definition) is 6. The summed E-state index contributed by atoms with van der Waals surface area (Å²) in [7, 11) is 0. The number of nitrogens with one attached hydrogen (secondary N) is 1. The zero-order valence-corrected chi connectivity index (χ0v) is 22.0. The van der Waals surface area contributed by atoms with E-state index in [2.05, 4.69) is 44.5 Å². The Kier molecular flexibility index (Phi) is 6.66. The molecule has 0 spiro atoms. The van der Waals surface area contributed by atoms with E-state index in [1.165, 1.54) is 6.07 Å². The van der Waals surface area contributed by atoms with E-state index >= 15 is 0 Å². The van der Waals surface area contributed by atoms with Crippen molar-refractivity contribution in [3.05, 3.63) is 117 Å². The van der Waals surface area contributed by atoms with Gasteiger partial charge in [-0.3, -0.25) is 9.69 Å². The van der Waals surface area contributed by atoms with Crippen LogP contribution in [0.4, 0.5) is 10.1 Å². The molecular weight excluding hydrogens is 493 g/mol. The minimum absolute atomic E-state index is 0.162. The number of para-hydroxylation sites is 1. The van der Waals surface area contributed by atoms with Crippen molar-refractivity contribution in [1.29, 1.82) is 0 Å². The van der Waals surface area contributed by atoms with Crippen molar-refractivity contribution in [1.82, 2.24) is 30.1 Å². The third-order valence-corrected chi connectivity index (χ3v) is 7.47. The van der Waals surface area contributed by atoms with Gasteiger partial charge in [-0.05, 0) is 65.1 Å². The molecule has 9 heteroatoms. The third kappa shape index (κ3) is 4.93. The molecule has 2 aromatic heterocycles. The molecule has 0 saturated carbocycles. The molecule has 0 radical (unpaired) electrons. The summed E-state index contributed by atoms with van der Waals surface area (Å²) in [6, 6.07) is 22.5. The third-order valence-electron chi connectivity index (χ3n) is 7.47. The number of pyridine rings is 1. The van der Waals surface area contributed by atoms with Gasteiger partial charge < -0.3 is 9.88 Å². The molecule has 198 valence electrons. The minimum Gasteiger partial charge on any atom is -0.367 e. The van der Waals surface area contributed by atoms with Crippen molar-refractivity contribution in [3.8, 4) is 0 Å². The van der Waals surface area contributed by atoms with Gasteiger partial charge in [0.15, 0.2) is 5.82 Å². The smallest absolute Gasteiger partial charge is 0.253 e. The summed E-state index contributed by atoms with van der Waals surface area (Å²) in [5, 5.41) is 13.7. The van der Waals surface area contributed by atoms with Crippen molar-refractivity contribution in [2.75, 3.05) is 31.1 Å².